The third kappa shape index (κ3) is 5.99. The van der Waals surface area contributed by atoms with Gasteiger partial charge in [-0.25, -0.2) is 12.8 Å². The first-order valence-electron chi connectivity index (χ1n) is 9.23. The van der Waals surface area contributed by atoms with Gasteiger partial charge in [-0.3, -0.25) is 4.79 Å². The lowest BCUT2D eigenvalue weighted by Gasteiger charge is -2.22. The number of carbonyl (C=O) groups excluding carboxylic acids is 1. The molecular weight excluding hydrogens is 419 g/mol. The molecule has 9 heteroatoms. The molecule has 1 heterocycles. The number of rotatable bonds is 8. The van der Waals surface area contributed by atoms with Gasteiger partial charge < -0.3 is 10.1 Å². The van der Waals surface area contributed by atoms with Crippen molar-refractivity contribution in [3.63, 3.8) is 0 Å². The average Bonchev–Trinajstić information content (AvgIpc) is 3.21. The van der Waals surface area contributed by atoms with Crippen LogP contribution < -0.4 is 5.32 Å². The Morgan fingerprint density at radius 1 is 1.17 bits per heavy atom. The number of hydrogen-bond donors (Lipinski definition) is 1. The van der Waals surface area contributed by atoms with Crippen LogP contribution in [0.3, 0.4) is 0 Å². The zero-order valence-electron chi connectivity index (χ0n) is 15.7. The Hall–Kier alpha value is -2.00. The predicted molar refractivity (Wildman–Crippen MR) is 107 cm³/mol. The second-order valence-electron chi connectivity index (χ2n) is 6.79. The molecule has 0 unspecified atom stereocenters. The van der Waals surface area contributed by atoms with E-state index >= 15 is 0 Å². The van der Waals surface area contributed by atoms with Crippen LogP contribution in [0.1, 0.15) is 18.4 Å². The maximum absolute atomic E-state index is 13.2. The molecule has 0 saturated carbocycles. The predicted octanol–water partition coefficient (Wildman–Crippen LogP) is 2.97. The molecular formula is C20H22ClFN2O4S. The summed E-state index contributed by atoms with van der Waals surface area (Å²) in [4.78, 5) is 12.5. The quantitative estimate of drug-likeness (QED) is 0.684. The second-order valence-corrected chi connectivity index (χ2v) is 9.17. The van der Waals surface area contributed by atoms with Crippen molar-refractivity contribution in [3.8, 4) is 0 Å². The summed E-state index contributed by atoms with van der Waals surface area (Å²) >= 11 is 5.85. The maximum atomic E-state index is 13.2. The van der Waals surface area contributed by atoms with E-state index in [1.807, 2.05) is 0 Å². The molecule has 0 radical (unpaired) electrons. The summed E-state index contributed by atoms with van der Waals surface area (Å²) in [7, 11) is -3.97. The number of benzene rings is 2. The number of halogens is 2. The summed E-state index contributed by atoms with van der Waals surface area (Å²) in [6.07, 6.45) is 1.77. The summed E-state index contributed by atoms with van der Waals surface area (Å²) in [5, 5.41) is 3.14. The van der Waals surface area contributed by atoms with Gasteiger partial charge in [0.25, 0.3) is 0 Å². The average molecular weight is 441 g/mol. The molecule has 1 aliphatic rings. The van der Waals surface area contributed by atoms with Gasteiger partial charge in [0.2, 0.25) is 15.9 Å². The molecule has 1 fully saturated rings. The highest BCUT2D eigenvalue weighted by Crippen LogP contribution is 2.21. The fourth-order valence-corrected chi connectivity index (χ4v) is 4.53. The van der Waals surface area contributed by atoms with Crippen LogP contribution in [-0.4, -0.2) is 44.4 Å². The Balaban J connectivity index is 1.77. The van der Waals surface area contributed by atoms with Gasteiger partial charge in [-0.2, -0.15) is 4.31 Å². The molecule has 29 heavy (non-hydrogen) atoms. The molecule has 1 aliphatic heterocycles. The van der Waals surface area contributed by atoms with Crippen molar-refractivity contribution >= 4 is 27.5 Å². The summed E-state index contributed by atoms with van der Waals surface area (Å²) in [6, 6.07) is 11.2. The van der Waals surface area contributed by atoms with Gasteiger partial charge in [0.15, 0.2) is 0 Å². The maximum Gasteiger partial charge on any atom is 0.243 e. The van der Waals surface area contributed by atoms with Gasteiger partial charge in [0.05, 0.1) is 17.5 Å². The highest BCUT2D eigenvalue weighted by atomic mass is 35.5. The van der Waals surface area contributed by atoms with Gasteiger partial charge in [0, 0.05) is 24.7 Å². The van der Waals surface area contributed by atoms with E-state index in [9.17, 15) is 17.6 Å². The largest absolute Gasteiger partial charge is 0.376 e. The summed E-state index contributed by atoms with van der Waals surface area (Å²) < 4.78 is 46.0. The number of nitrogens with one attached hydrogen (secondary N) is 1. The number of ether oxygens (including phenoxy) is 1. The molecule has 0 aromatic heterocycles. The van der Waals surface area contributed by atoms with Crippen molar-refractivity contribution in [2.24, 2.45) is 0 Å². The third-order valence-electron chi connectivity index (χ3n) is 4.59. The topological polar surface area (TPSA) is 75.7 Å². The van der Waals surface area contributed by atoms with Gasteiger partial charge in [0.1, 0.15) is 5.82 Å². The van der Waals surface area contributed by atoms with E-state index in [1.165, 1.54) is 48.5 Å². The monoisotopic (exact) mass is 440 g/mol. The van der Waals surface area contributed by atoms with Crippen LogP contribution in [0, 0.1) is 5.82 Å². The number of sulfonamides is 1. The van der Waals surface area contributed by atoms with Crippen LogP contribution in [0.5, 0.6) is 0 Å². The first-order chi connectivity index (χ1) is 13.8. The Morgan fingerprint density at radius 2 is 1.86 bits per heavy atom. The van der Waals surface area contributed by atoms with Gasteiger partial charge >= 0.3 is 0 Å². The van der Waals surface area contributed by atoms with Crippen molar-refractivity contribution in [1.29, 1.82) is 0 Å². The number of nitrogens with zero attached hydrogens (tertiary/aromatic N) is 1. The van der Waals surface area contributed by atoms with E-state index < -0.39 is 21.7 Å². The molecule has 3 rings (SSSR count). The molecule has 156 valence electrons. The summed E-state index contributed by atoms with van der Waals surface area (Å²) in [6.45, 7) is 0.569. The van der Waals surface area contributed by atoms with E-state index in [0.717, 1.165) is 17.1 Å². The lowest BCUT2D eigenvalue weighted by Crippen LogP contribution is -2.42. The minimum atomic E-state index is -3.97. The van der Waals surface area contributed by atoms with Gasteiger partial charge in [-0.15, -0.1) is 0 Å². The zero-order valence-corrected chi connectivity index (χ0v) is 17.3. The first kappa shape index (κ1) is 21.7. The van der Waals surface area contributed by atoms with Crippen LogP contribution in [0.25, 0.3) is 0 Å². The summed E-state index contributed by atoms with van der Waals surface area (Å²) in [5.41, 5.74) is 0.566. The standard InChI is InChI=1S/C20H22ClFN2O4S/c21-16-5-9-19(10-6-16)29(26,27)24(13-15-3-7-17(22)8-4-15)14-20(25)23-12-18-2-1-11-28-18/h3-10,18H,1-2,11-14H2,(H,23,25)/t18-/m1/s1. The smallest absolute Gasteiger partial charge is 0.243 e. The fraction of sp³-hybridized carbons (Fsp3) is 0.350. The Bertz CT molecular complexity index is 930. The molecule has 6 nitrogen and oxygen atoms in total. The molecule has 1 N–H and O–H groups in total. The molecule has 2 aromatic carbocycles. The molecule has 1 saturated heterocycles. The highest BCUT2D eigenvalue weighted by molar-refractivity contribution is 7.89. The van der Waals surface area contributed by atoms with Crippen LogP contribution in [0.15, 0.2) is 53.4 Å². The molecule has 1 amide bonds. The Labute approximate surface area is 174 Å². The van der Waals surface area contributed by atoms with Crippen LogP contribution in [0.4, 0.5) is 4.39 Å². The van der Waals surface area contributed by atoms with Crippen LogP contribution in [-0.2, 0) is 26.1 Å². The third-order valence-corrected chi connectivity index (χ3v) is 6.65. The molecule has 1 atom stereocenters. The SMILES string of the molecule is O=C(CN(Cc1ccc(F)cc1)S(=O)(=O)c1ccc(Cl)cc1)NC[C@H]1CCCO1. The van der Waals surface area contributed by atoms with Crippen LogP contribution >= 0.6 is 11.6 Å². The van der Waals surface area contributed by atoms with Gasteiger partial charge in [-0.1, -0.05) is 23.7 Å². The van der Waals surface area contributed by atoms with E-state index in [4.69, 9.17) is 16.3 Å². The first-order valence-corrected chi connectivity index (χ1v) is 11.0. The van der Waals surface area contributed by atoms with Gasteiger partial charge in [-0.05, 0) is 54.8 Å². The van der Waals surface area contributed by atoms with Crippen molar-refractivity contribution in [1.82, 2.24) is 9.62 Å². The molecule has 0 aliphatic carbocycles. The summed E-state index contributed by atoms with van der Waals surface area (Å²) in [5.74, 6) is -0.852. The minimum Gasteiger partial charge on any atom is -0.376 e. The number of carbonyl (C=O) groups is 1. The van der Waals surface area contributed by atoms with E-state index in [2.05, 4.69) is 5.32 Å². The molecule has 0 bridgehead atoms. The number of hydrogen-bond acceptors (Lipinski definition) is 4. The number of amides is 1. The van der Waals surface area contributed by atoms with Crippen LogP contribution in [0.2, 0.25) is 5.02 Å². The second kappa shape index (κ2) is 9.67. The molecule has 0 spiro atoms. The fourth-order valence-electron chi connectivity index (χ4n) is 3.02. The molecule has 2 aromatic rings. The lowest BCUT2D eigenvalue weighted by atomic mass is 10.2. The van der Waals surface area contributed by atoms with E-state index in [1.54, 1.807) is 0 Å². The van der Waals surface area contributed by atoms with E-state index in [-0.39, 0.29) is 24.1 Å². The van der Waals surface area contributed by atoms with Crippen molar-refractivity contribution in [2.45, 2.75) is 30.4 Å². The highest BCUT2D eigenvalue weighted by Gasteiger charge is 2.27. The van der Waals surface area contributed by atoms with Crippen molar-refractivity contribution < 1.29 is 22.3 Å². The normalized spacial score (nSPS) is 16.9. The minimum absolute atomic E-state index is 0.0240. The van der Waals surface area contributed by atoms with Crippen molar-refractivity contribution in [3.05, 3.63) is 64.9 Å². The lowest BCUT2D eigenvalue weighted by molar-refractivity contribution is -0.121. The van der Waals surface area contributed by atoms with Crippen molar-refractivity contribution in [2.75, 3.05) is 19.7 Å². The van der Waals surface area contributed by atoms with E-state index in [0.29, 0.717) is 23.7 Å². The Morgan fingerprint density at radius 3 is 2.48 bits per heavy atom. The zero-order chi connectivity index (χ0) is 20.9. The Kier molecular flexibility index (Phi) is 7.23.